The van der Waals surface area contributed by atoms with Crippen molar-refractivity contribution in [2.75, 3.05) is 11.9 Å². The fourth-order valence-corrected chi connectivity index (χ4v) is 2.88. The minimum atomic E-state index is -0.384. The van der Waals surface area contributed by atoms with E-state index in [2.05, 4.69) is 15.4 Å². The molecule has 0 saturated heterocycles. The largest absolute Gasteiger partial charge is 0.471 e. The van der Waals surface area contributed by atoms with Crippen molar-refractivity contribution in [2.24, 2.45) is 0 Å². The quantitative estimate of drug-likeness (QED) is 0.598. The summed E-state index contributed by atoms with van der Waals surface area (Å²) in [5.41, 5.74) is 0.796. The van der Waals surface area contributed by atoms with Gasteiger partial charge >= 0.3 is 5.97 Å². The summed E-state index contributed by atoms with van der Waals surface area (Å²) >= 11 is 1.24. The number of esters is 1. The standard InChI is InChI=1S/C18H18N4O4S/c1-2-25-16(23)10-13-11-27-18(19-13)20-17(24)15-8-9-22(21-15)12-26-14-6-4-3-5-7-14/h3-9,11H,2,10,12H2,1H3,(H,19,20,24). The predicted octanol–water partition coefficient (Wildman–Crippen LogP) is 2.73. The van der Waals surface area contributed by atoms with Gasteiger partial charge in [0.2, 0.25) is 0 Å². The zero-order chi connectivity index (χ0) is 19.1. The lowest BCUT2D eigenvalue weighted by Gasteiger charge is -2.05. The number of ether oxygens (including phenoxy) is 2. The smallest absolute Gasteiger partial charge is 0.311 e. The third-order valence-electron chi connectivity index (χ3n) is 3.38. The lowest BCUT2D eigenvalue weighted by atomic mass is 10.3. The normalized spacial score (nSPS) is 10.4. The van der Waals surface area contributed by atoms with Gasteiger partial charge in [0.25, 0.3) is 5.91 Å². The van der Waals surface area contributed by atoms with Crippen molar-refractivity contribution in [1.82, 2.24) is 14.8 Å². The first kappa shape index (κ1) is 18.6. The van der Waals surface area contributed by atoms with Crippen LogP contribution < -0.4 is 10.1 Å². The first-order chi connectivity index (χ1) is 13.1. The van der Waals surface area contributed by atoms with Crippen molar-refractivity contribution in [3.8, 4) is 5.75 Å². The van der Waals surface area contributed by atoms with Crippen LogP contribution in [0.15, 0.2) is 48.0 Å². The number of aromatic nitrogens is 3. The third-order valence-corrected chi connectivity index (χ3v) is 4.19. The van der Waals surface area contributed by atoms with Crippen LogP contribution in [0.5, 0.6) is 5.75 Å². The molecule has 0 aliphatic carbocycles. The third kappa shape index (κ3) is 5.38. The summed E-state index contributed by atoms with van der Waals surface area (Å²) < 4.78 is 12.0. The summed E-state index contributed by atoms with van der Waals surface area (Å²) in [6.45, 7) is 2.26. The van der Waals surface area contributed by atoms with Gasteiger partial charge in [-0.3, -0.25) is 14.9 Å². The number of para-hydroxylation sites is 1. The van der Waals surface area contributed by atoms with E-state index in [-0.39, 0.29) is 30.7 Å². The molecule has 1 aromatic carbocycles. The number of hydrogen-bond acceptors (Lipinski definition) is 7. The molecule has 140 valence electrons. The van der Waals surface area contributed by atoms with E-state index in [0.29, 0.717) is 17.4 Å². The van der Waals surface area contributed by atoms with E-state index in [1.165, 1.54) is 16.0 Å². The maximum atomic E-state index is 12.3. The highest BCUT2D eigenvalue weighted by Gasteiger charge is 2.14. The number of hydrogen-bond donors (Lipinski definition) is 1. The Labute approximate surface area is 159 Å². The maximum absolute atomic E-state index is 12.3. The lowest BCUT2D eigenvalue weighted by molar-refractivity contribution is -0.142. The number of carbonyl (C=O) groups is 2. The molecule has 0 radical (unpaired) electrons. The van der Waals surface area contributed by atoms with Crippen LogP contribution >= 0.6 is 11.3 Å². The maximum Gasteiger partial charge on any atom is 0.311 e. The summed E-state index contributed by atoms with van der Waals surface area (Å²) in [7, 11) is 0. The molecule has 3 rings (SSSR count). The molecule has 27 heavy (non-hydrogen) atoms. The van der Waals surface area contributed by atoms with Gasteiger partial charge in [0, 0.05) is 11.6 Å². The fraction of sp³-hybridized carbons (Fsp3) is 0.222. The molecule has 2 heterocycles. The zero-order valence-corrected chi connectivity index (χ0v) is 15.4. The first-order valence-corrected chi connectivity index (χ1v) is 9.14. The van der Waals surface area contributed by atoms with Crippen LogP contribution in [-0.2, 0) is 22.7 Å². The summed E-state index contributed by atoms with van der Waals surface area (Å²) in [6.07, 6.45) is 1.73. The van der Waals surface area contributed by atoms with Crippen LogP contribution in [-0.4, -0.2) is 33.2 Å². The van der Waals surface area contributed by atoms with Crippen LogP contribution in [0.3, 0.4) is 0 Å². The molecule has 1 N–H and O–H groups in total. The molecule has 0 bridgehead atoms. The van der Waals surface area contributed by atoms with Gasteiger partial charge in [-0.25, -0.2) is 9.67 Å². The van der Waals surface area contributed by atoms with E-state index in [0.717, 1.165) is 5.75 Å². The summed E-state index contributed by atoms with van der Waals surface area (Å²) in [5.74, 6) is -0.0146. The lowest BCUT2D eigenvalue weighted by Crippen LogP contribution is -2.14. The number of nitrogens with zero attached hydrogens (tertiary/aromatic N) is 3. The Morgan fingerprint density at radius 1 is 1.22 bits per heavy atom. The Morgan fingerprint density at radius 3 is 2.81 bits per heavy atom. The molecule has 0 fully saturated rings. The molecular formula is C18H18N4O4S. The molecule has 0 unspecified atom stereocenters. The van der Waals surface area contributed by atoms with Crippen molar-refractivity contribution < 1.29 is 19.1 Å². The molecule has 1 amide bonds. The molecule has 0 spiro atoms. The van der Waals surface area contributed by atoms with Crippen molar-refractivity contribution in [1.29, 1.82) is 0 Å². The predicted molar refractivity (Wildman–Crippen MR) is 99.7 cm³/mol. The first-order valence-electron chi connectivity index (χ1n) is 8.26. The van der Waals surface area contributed by atoms with Crippen molar-refractivity contribution >= 4 is 28.3 Å². The Balaban J connectivity index is 1.53. The van der Waals surface area contributed by atoms with Gasteiger partial charge < -0.3 is 9.47 Å². The Hall–Kier alpha value is -3.20. The molecule has 0 aliphatic rings. The number of thiazole rings is 1. The van der Waals surface area contributed by atoms with Crippen LogP contribution in [0.25, 0.3) is 0 Å². The summed E-state index contributed by atoms with van der Waals surface area (Å²) in [6, 6.07) is 10.9. The van der Waals surface area contributed by atoms with Crippen LogP contribution in [0.2, 0.25) is 0 Å². The van der Waals surface area contributed by atoms with Crippen molar-refractivity contribution in [3.63, 3.8) is 0 Å². The number of anilines is 1. The molecule has 9 heteroatoms. The highest BCUT2D eigenvalue weighted by Crippen LogP contribution is 2.17. The van der Waals surface area contributed by atoms with Gasteiger partial charge in [-0.1, -0.05) is 18.2 Å². The molecular weight excluding hydrogens is 368 g/mol. The summed E-state index contributed by atoms with van der Waals surface area (Å²) in [4.78, 5) is 28.0. The molecule has 2 aromatic heterocycles. The molecule has 0 atom stereocenters. The number of carbonyl (C=O) groups excluding carboxylic acids is 2. The van der Waals surface area contributed by atoms with Gasteiger partial charge in [0.15, 0.2) is 17.6 Å². The average molecular weight is 386 g/mol. The minimum Gasteiger partial charge on any atom is -0.471 e. The second-order valence-electron chi connectivity index (χ2n) is 5.41. The van der Waals surface area contributed by atoms with E-state index in [1.54, 1.807) is 24.6 Å². The van der Waals surface area contributed by atoms with Gasteiger partial charge in [-0.2, -0.15) is 5.10 Å². The molecule has 0 saturated carbocycles. The van der Waals surface area contributed by atoms with Gasteiger partial charge in [-0.05, 0) is 25.1 Å². The topological polar surface area (TPSA) is 95.3 Å². The second-order valence-corrected chi connectivity index (χ2v) is 6.26. The number of nitrogens with one attached hydrogen (secondary N) is 1. The second kappa shape index (κ2) is 8.95. The van der Waals surface area contributed by atoms with Crippen LogP contribution in [0.1, 0.15) is 23.1 Å². The van der Waals surface area contributed by atoms with E-state index < -0.39 is 0 Å². The molecule has 8 nitrogen and oxygen atoms in total. The highest BCUT2D eigenvalue weighted by molar-refractivity contribution is 7.14. The average Bonchev–Trinajstić information content (AvgIpc) is 3.31. The van der Waals surface area contributed by atoms with Crippen molar-refractivity contribution in [2.45, 2.75) is 20.1 Å². The SMILES string of the molecule is CCOC(=O)Cc1csc(NC(=O)c2ccn(COc3ccccc3)n2)n1. The summed E-state index contributed by atoms with van der Waals surface area (Å²) in [5, 5.41) is 8.96. The van der Waals surface area contributed by atoms with E-state index in [4.69, 9.17) is 9.47 Å². The Kier molecular flexibility index (Phi) is 6.16. The highest BCUT2D eigenvalue weighted by atomic mass is 32.1. The Bertz CT molecular complexity index is 907. The number of amides is 1. The van der Waals surface area contributed by atoms with E-state index in [9.17, 15) is 9.59 Å². The fourth-order valence-electron chi connectivity index (χ4n) is 2.18. The zero-order valence-electron chi connectivity index (χ0n) is 14.6. The van der Waals surface area contributed by atoms with Crippen LogP contribution in [0, 0.1) is 0 Å². The van der Waals surface area contributed by atoms with Gasteiger partial charge in [0.05, 0.1) is 18.7 Å². The monoisotopic (exact) mass is 386 g/mol. The van der Waals surface area contributed by atoms with Crippen molar-refractivity contribution in [3.05, 3.63) is 59.4 Å². The van der Waals surface area contributed by atoms with E-state index >= 15 is 0 Å². The van der Waals surface area contributed by atoms with Gasteiger partial charge in [0.1, 0.15) is 5.75 Å². The van der Waals surface area contributed by atoms with Crippen LogP contribution in [0.4, 0.5) is 5.13 Å². The molecule has 0 aliphatic heterocycles. The number of rotatable bonds is 8. The van der Waals surface area contributed by atoms with Gasteiger partial charge in [-0.15, -0.1) is 11.3 Å². The minimum absolute atomic E-state index is 0.0751. The molecule has 3 aromatic rings. The van der Waals surface area contributed by atoms with E-state index in [1.807, 2.05) is 30.3 Å². The Morgan fingerprint density at radius 2 is 2.04 bits per heavy atom. The number of benzene rings is 1.